The summed E-state index contributed by atoms with van der Waals surface area (Å²) in [6.45, 7) is 0.942. The molecule has 0 saturated heterocycles. The number of benzene rings is 1. The highest BCUT2D eigenvalue weighted by molar-refractivity contribution is 5.94. The van der Waals surface area contributed by atoms with E-state index in [2.05, 4.69) is 10.3 Å². The van der Waals surface area contributed by atoms with Crippen LogP contribution in [-0.4, -0.2) is 22.5 Å². The van der Waals surface area contributed by atoms with Crippen molar-refractivity contribution >= 4 is 5.91 Å². The van der Waals surface area contributed by atoms with Gasteiger partial charge in [0.25, 0.3) is 11.5 Å². The van der Waals surface area contributed by atoms with Crippen molar-refractivity contribution in [3.05, 3.63) is 63.4 Å². The van der Waals surface area contributed by atoms with Crippen molar-refractivity contribution in [3.63, 3.8) is 0 Å². The highest BCUT2D eigenvalue weighted by Crippen LogP contribution is 2.07. The van der Waals surface area contributed by atoms with Gasteiger partial charge in [-0.3, -0.25) is 14.6 Å². The predicted molar refractivity (Wildman–Crippen MR) is 79.1 cm³/mol. The van der Waals surface area contributed by atoms with Gasteiger partial charge in [-0.05, 0) is 24.1 Å². The van der Waals surface area contributed by atoms with Gasteiger partial charge in [0.05, 0.1) is 5.56 Å². The molecular formula is C15H17N3O3. The summed E-state index contributed by atoms with van der Waals surface area (Å²) < 4.78 is 0. The van der Waals surface area contributed by atoms with Gasteiger partial charge in [-0.2, -0.15) is 0 Å². The van der Waals surface area contributed by atoms with Gasteiger partial charge in [-0.15, -0.1) is 0 Å². The quantitative estimate of drug-likeness (QED) is 0.642. The monoisotopic (exact) mass is 287 g/mol. The molecule has 110 valence electrons. The lowest BCUT2D eigenvalue weighted by atomic mass is 10.1. The Morgan fingerprint density at radius 2 is 1.86 bits per heavy atom. The molecule has 2 rings (SSSR count). The molecular weight excluding hydrogens is 270 g/mol. The van der Waals surface area contributed by atoms with E-state index < -0.39 is 11.5 Å². The van der Waals surface area contributed by atoms with Crippen LogP contribution in [0.1, 0.15) is 21.5 Å². The van der Waals surface area contributed by atoms with E-state index in [1.165, 1.54) is 6.07 Å². The third-order valence-corrected chi connectivity index (χ3v) is 3.00. The number of aromatic hydroxyl groups is 1. The standard InChI is InChI=1S/C15H17N3O3/c16-6-5-10-1-3-11(4-2-10)9-17-15(21)12-7-13(19)18-14(20)8-12/h1-4,7-8H,5-6,9,16H2,(H,17,21)(H2,18,19,20). The molecule has 1 heterocycles. The van der Waals surface area contributed by atoms with Crippen LogP contribution in [0.15, 0.2) is 41.2 Å². The fraction of sp³-hybridized carbons (Fsp3) is 0.200. The lowest BCUT2D eigenvalue weighted by Crippen LogP contribution is -2.24. The second-order valence-corrected chi connectivity index (χ2v) is 4.66. The first kappa shape index (κ1) is 14.8. The second-order valence-electron chi connectivity index (χ2n) is 4.66. The number of hydrogen-bond acceptors (Lipinski definition) is 4. The maximum atomic E-state index is 11.9. The number of H-pyrrole nitrogens is 1. The van der Waals surface area contributed by atoms with Crippen LogP contribution in [0.25, 0.3) is 0 Å². The van der Waals surface area contributed by atoms with E-state index in [-0.39, 0.29) is 11.4 Å². The molecule has 0 aliphatic rings. The van der Waals surface area contributed by atoms with E-state index in [0.717, 1.165) is 23.6 Å². The van der Waals surface area contributed by atoms with E-state index in [1.807, 2.05) is 24.3 Å². The van der Waals surface area contributed by atoms with Crippen molar-refractivity contribution in [2.24, 2.45) is 5.73 Å². The molecule has 0 saturated carbocycles. The van der Waals surface area contributed by atoms with Gasteiger partial charge in [0.2, 0.25) is 0 Å². The van der Waals surface area contributed by atoms with Crippen LogP contribution in [0.4, 0.5) is 0 Å². The van der Waals surface area contributed by atoms with E-state index >= 15 is 0 Å². The first-order valence-electron chi connectivity index (χ1n) is 6.58. The molecule has 6 nitrogen and oxygen atoms in total. The SMILES string of the molecule is NCCc1ccc(CNC(=O)c2cc(O)[nH]c(=O)c2)cc1. The minimum absolute atomic E-state index is 0.121. The highest BCUT2D eigenvalue weighted by atomic mass is 16.3. The minimum Gasteiger partial charge on any atom is -0.494 e. The number of aromatic amines is 1. The molecule has 0 atom stereocenters. The number of hydrogen-bond donors (Lipinski definition) is 4. The van der Waals surface area contributed by atoms with Crippen molar-refractivity contribution in [1.29, 1.82) is 0 Å². The molecule has 1 aromatic carbocycles. The summed E-state index contributed by atoms with van der Waals surface area (Å²) in [6.07, 6.45) is 0.818. The molecule has 0 aliphatic heterocycles. The molecule has 0 radical (unpaired) electrons. The summed E-state index contributed by atoms with van der Waals surface area (Å²) in [5.74, 6) is -0.749. The number of pyridine rings is 1. The zero-order valence-electron chi connectivity index (χ0n) is 11.4. The Balaban J connectivity index is 1.98. The lowest BCUT2D eigenvalue weighted by molar-refractivity contribution is 0.0950. The van der Waals surface area contributed by atoms with Crippen LogP contribution in [0.5, 0.6) is 5.88 Å². The molecule has 0 spiro atoms. The summed E-state index contributed by atoms with van der Waals surface area (Å²) in [6, 6.07) is 10.1. The first-order chi connectivity index (χ1) is 10.1. The smallest absolute Gasteiger partial charge is 0.251 e. The van der Waals surface area contributed by atoms with E-state index in [0.29, 0.717) is 13.1 Å². The fourth-order valence-electron chi connectivity index (χ4n) is 1.93. The van der Waals surface area contributed by atoms with Crippen LogP contribution in [0.3, 0.4) is 0 Å². The third kappa shape index (κ3) is 4.19. The number of nitrogens with two attached hydrogens (primary N) is 1. The fourth-order valence-corrected chi connectivity index (χ4v) is 1.93. The van der Waals surface area contributed by atoms with Gasteiger partial charge >= 0.3 is 0 Å². The largest absolute Gasteiger partial charge is 0.494 e. The summed E-state index contributed by atoms with van der Waals surface area (Å²) in [5.41, 5.74) is 7.17. The summed E-state index contributed by atoms with van der Waals surface area (Å²) in [7, 11) is 0. The maximum absolute atomic E-state index is 11.9. The van der Waals surface area contributed by atoms with Crippen LogP contribution in [0, 0.1) is 0 Å². The average Bonchev–Trinajstić information content (AvgIpc) is 2.45. The average molecular weight is 287 g/mol. The number of carbonyl (C=O) groups excluding carboxylic acids is 1. The molecule has 21 heavy (non-hydrogen) atoms. The Morgan fingerprint density at radius 1 is 1.19 bits per heavy atom. The first-order valence-corrected chi connectivity index (χ1v) is 6.58. The molecule has 0 aliphatic carbocycles. The highest BCUT2D eigenvalue weighted by Gasteiger charge is 2.07. The van der Waals surface area contributed by atoms with Crippen LogP contribution in [0.2, 0.25) is 0 Å². The number of aromatic nitrogens is 1. The van der Waals surface area contributed by atoms with E-state index in [4.69, 9.17) is 5.73 Å². The van der Waals surface area contributed by atoms with Gasteiger partial charge in [-0.1, -0.05) is 24.3 Å². The van der Waals surface area contributed by atoms with Crippen molar-refractivity contribution in [1.82, 2.24) is 10.3 Å². The lowest BCUT2D eigenvalue weighted by Gasteiger charge is -2.06. The summed E-state index contributed by atoms with van der Waals surface area (Å²) in [4.78, 5) is 25.3. The van der Waals surface area contributed by atoms with Gasteiger partial charge in [-0.25, -0.2) is 0 Å². The molecule has 6 heteroatoms. The van der Waals surface area contributed by atoms with Crippen LogP contribution >= 0.6 is 0 Å². The van der Waals surface area contributed by atoms with Gasteiger partial charge in [0.15, 0.2) is 5.88 Å². The Labute approximate surface area is 121 Å². The van der Waals surface area contributed by atoms with E-state index in [1.54, 1.807) is 0 Å². The topological polar surface area (TPSA) is 108 Å². The summed E-state index contributed by atoms with van der Waals surface area (Å²) in [5, 5.41) is 12.0. The maximum Gasteiger partial charge on any atom is 0.251 e. The van der Waals surface area contributed by atoms with Crippen molar-refractivity contribution < 1.29 is 9.90 Å². The zero-order chi connectivity index (χ0) is 15.2. The summed E-state index contributed by atoms with van der Waals surface area (Å²) >= 11 is 0. The molecule has 0 bridgehead atoms. The van der Waals surface area contributed by atoms with Crippen molar-refractivity contribution in [2.45, 2.75) is 13.0 Å². The minimum atomic E-state index is -0.522. The van der Waals surface area contributed by atoms with Gasteiger partial charge < -0.3 is 16.2 Å². The molecule has 1 amide bonds. The Kier molecular flexibility index (Phi) is 4.73. The van der Waals surface area contributed by atoms with Crippen LogP contribution < -0.4 is 16.6 Å². The van der Waals surface area contributed by atoms with E-state index in [9.17, 15) is 14.7 Å². The Hall–Kier alpha value is -2.60. The van der Waals surface area contributed by atoms with Crippen molar-refractivity contribution in [2.75, 3.05) is 6.54 Å². The number of nitrogens with one attached hydrogen (secondary N) is 2. The number of amides is 1. The molecule has 0 unspecified atom stereocenters. The molecule has 0 fully saturated rings. The predicted octanol–water partition coefficient (Wildman–Crippen LogP) is 0.512. The molecule has 2 aromatic rings. The Morgan fingerprint density at radius 3 is 2.48 bits per heavy atom. The number of rotatable bonds is 5. The van der Waals surface area contributed by atoms with Gasteiger partial charge in [0, 0.05) is 18.7 Å². The molecule has 1 aromatic heterocycles. The van der Waals surface area contributed by atoms with Crippen LogP contribution in [-0.2, 0) is 13.0 Å². The zero-order valence-corrected chi connectivity index (χ0v) is 11.4. The Bertz CT molecular complexity index is 677. The number of carbonyl (C=O) groups is 1. The molecule has 5 N–H and O–H groups in total. The normalized spacial score (nSPS) is 10.3. The van der Waals surface area contributed by atoms with Crippen molar-refractivity contribution in [3.8, 4) is 5.88 Å². The third-order valence-electron chi connectivity index (χ3n) is 3.00. The van der Waals surface area contributed by atoms with Gasteiger partial charge in [0.1, 0.15) is 0 Å². The second kappa shape index (κ2) is 6.71.